The molecule has 1 aliphatic heterocycles. The highest BCUT2D eigenvalue weighted by atomic mass is 16.2. The average molecular weight is 199 g/mol. The molecule has 2 N–H and O–H groups in total. The number of nitrogens with zero attached hydrogens (tertiary/aromatic N) is 2. The molecule has 0 aromatic carbocycles. The summed E-state index contributed by atoms with van der Waals surface area (Å²) >= 11 is 0. The first-order valence-electron chi connectivity index (χ1n) is 5.33. The molecule has 4 heteroatoms. The Balaban J connectivity index is 2.60. The first-order valence-corrected chi connectivity index (χ1v) is 5.33. The van der Waals surface area contributed by atoms with Gasteiger partial charge in [-0.25, -0.2) is 0 Å². The summed E-state index contributed by atoms with van der Waals surface area (Å²) in [5, 5.41) is 0. The van der Waals surface area contributed by atoms with Gasteiger partial charge in [-0.3, -0.25) is 4.79 Å². The van der Waals surface area contributed by atoms with E-state index in [9.17, 15) is 4.79 Å². The van der Waals surface area contributed by atoms with Crippen LogP contribution in [0.5, 0.6) is 0 Å². The number of hydrogen-bond acceptors (Lipinski definition) is 3. The Bertz CT molecular complexity index is 204. The molecule has 0 saturated carbocycles. The third kappa shape index (κ3) is 2.25. The van der Waals surface area contributed by atoms with Gasteiger partial charge in [0.2, 0.25) is 5.91 Å². The van der Waals surface area contributed by atoms with Gasteiger partial charge in [0.25, 0.3) is 0 Å². The quantitative estimate of drug-likeness (QED) is 0.681. The lowest BCUT2D eigenvalue weighted by Gasteiger charge is -2.24. The molecule has 14 heavy (non-hydrogen) atoms. The van der Waals surface area contributed by atoms with E-state index in [2.05, 4.69) is 4.90 Å². The zero-order valence-electron chi connectivity index (χ0n) is 9.36. The lowest BCUT2D eigenvalue weighted by Crippen LogP contribution is -2.43. The maximum absolute atomic E-state index is 12.0. The molecule has 0 radical (unpaired) electrons. The number of nitrogens with two attached hydrogens (primary N) is 1. The Morgan fingerprint density at radius 2 is 2.00 bits per heavy atom. The van der Waals surface area contributed by atoms with Crippen molar-refractivity contribution in [3.8, 4) is 0 Å². The summed E-state index contributed by atoms with van der Waals surface area (Å²) in [6, 6.07) is 0.00750. The maximum Gasteiger partial charge on any atom is 0.228 e. The fraction of sp³-hybridized carbons (Fsp3) is 0.900. The van der Waals surface area contributed by atoms with Crippen LogP contribution in [0.15, 0.2) is 0 Å². The predicted octanol–water partition coefficient (Wildman–Crippen LogP) is -0.256. The average Bonchev–Trinajstić information content (AvgIpc) is 2.47. The molecule has 0 spiro atoms. The molecule has 1 fully saturated rings. The van der Waals surface area contributed by atoms with Crippen molar-refractivity contribution >= 4 is 5.91 Å². The molecule has 1 aliphatic rings. The molecule has 0 aliphatic carbocycles. The first-order chi connectivity index (χ1) is 6.60. The van der Waals surface area contributed by atoms with Crippen LogP contribution < -0.4 is 5.73 Å². The van der Waals surface area contributed by atoms with Crippen LogP contribution in [-0.4, -0.2) is 55.0 Å². The molecule has 2 atom stereocenters. The second-order valence-corrected chi connectivity index (χ2v) is 4.00. The zero-order valence-corrected chi connectivity index (χ0v) is 9.36. The molecule has 82 valence electrons. The number of rotatable bonds is 3. The molecule has 1 amide bonds. The number of likely N-dealkylation sites (tertiary alicyclic amines) is 1. The third-order valence-electron chi connectivity index (χ3n) is 2.94. The Hall–Kier alpha value is -0.610. The van der Waals surface area contributed by atoms with Gasteiger partial charge in [-0.05, 0) is 20.9 Å². The molecular weight excluding hydrogens is 178 g/mol. The summed E-state index contributed by atoms with van der Waals surface area (Å²) < 4.78 is 0. The molecule has 1 rings (SSSR count). The largest absolute Gasteiger partial charge is 0.343 e. The Morgan fingerprint density at radius 1 is 1.43 bits per heavy atom. The zero-order chi connectivity index (χ0) is 10.7. The molecule has 2 unspecified atom stereocenters. The Labute approximate surface area is 86.0 Å². The molecule has 4 nitrogen and oxygen atoms in total. The van der Waals surface area contributed by atoms with E-state index in [0.717, 1.165) is 26.2 Å². The van der Waals surface area contributed by atoms with Crippen LogP contribution in [0.3, 0.4) is 0 Å². The summed E-state index contributed by atoms with van der Waals surface area (Å²) in [4.78, 5) is 16.0. The van der Waals surface area contributed by atoms with Crippen molar-refractivity contribution in [2.45, 2.75) is 19.9 Å². The molecule has 1 heterocycles. The van der Waals surface area contributed by atoms with Crippen LogP contribution in [0.1, 0.15) is 13.8 Å². The lowest BCUT2D eigenvalue weighted by molar-refractivity contribution is -0.135. The third-order valence-corrected chi connectivity index (χ3v) is 2.94. The summed E-state index contributed by atoms with van der Waals surface area (Å²) in [5.74, 6) is 0.215. The highest BCUT2D eigenvalue weighted by Crippen LogP contribution is 2.16. The normalized spacial score (nSPS) is 28.0. The minimum absolute atomic E-state index is 0.0000926. The molecule has 1 saturated heterocycles. The van der Waals surface area contributed by atoms with E-state index >= 15 is 0 Å². The minimum atomic E-state index is -0.0000926. The van der Waals surface area contributed by atoms with Gasteiger partial charge in [0.1, 0.15) is 0 Å². The van der Waals surface area contributed by atoms with Gasteiger partial charge in [-0.2, -0.15) is 0 Å². The number of hydrogen-bond donors (Lipinski definition) is 1. The van der Waals surface area contributed by atoms with E-state index in [0.29, 0.717) is 0 Å². The smallest absolute Gasteiger partial charge is 0.228 e. The van der Waals surface area contributed by atoms with E-state index in [4.69, 9.17) is 5.73 Å². The van der Waals surface area contributed by atoms with Crippen molar-refractivity contribution in [1.29, 1.82) is 0 Å². The minimum Gasteiger partial charge on any atom is -0.343 e. The molecule has 0 aromatic rings. The van der Waals surface area contributed by atoms with E-state index < -0.39 is 0 Å². The van der Waals surface area contributed by atoms with Gasteiger partial charge in [-0.15, -0.1) is 0 Å². The summed E-state index contributed by atoms with van der Waals surface area (Å²) in [6.07, 6.45) is 0. The standard InChI is InChI=1S/C10H21N3O/c1-4-13(5-2)10(14)8-6-12(3)7-9(8)11/h8-9H,4-7,11H2,1-3H3. The van der Waals surface area contributed by atoms with E-state index in [1.165, 1.54) is 0 Å². The summed E-state index contributed by atoms with van der Waals surface area (Å²) in [7, 11) is 2.01. The number of carbonyl (C=O) groups is 1. The van der Waals surface area contributed by atoms with Crippen molar-refractivity contribution < 1.29 is 4.79 Å². The number of amides is 1. The fourth-order valence-electron chi connectivity index (χ4n) is 2.06. The van der Waals surface area contributed by atoms with Gasteiger partial charge < -0.3 is 15.5 Å². The van der Waals surface area contributed by atoms with Crippen molar-refractivity contribution in [2.24, 2.45) is 11.7 Å². The van der Waals surface area contributed by atoms with Gasteiger partial charge >= 0.3 is 0 Å². The van der Waals surface area contributed by atoms with E-state index in [1.807, 2.05) is 25.8 Å². The van der Waals surface area contributed by atoms with E-state index in [-0.39, 0.29) is 17.9 Å². The second kappa shape index (κ2) is 4.75. The maximum atomic E-state index is 12.0. The van der Waals surface area contributed by atoms with Crippen LogP contribution in [0.4, 0.5) is 0 Å². The van der Waals surface area contributed by atoms with Crippen LogP contribution in [-0.2, 0) is 4.79 Å². The van der Waals surface area contributed by atoms with Crippen LogP contribution >= 0.6 is 0 Å². The van der Waals surface area contributed by atoms with Crippen molar-refractivity contribution in [3.63, 3.8) is 0 Å². The van der Waals surface area contributed by atoms with Gasteiger partial charge in [0, 0.05) is 32.2 Å². The first kappa shape index (κ1) is 11.5. The molecular formula is C10H21N3O. The second-order valence-electron chi connectivity index (χ2n) is 4.00. The van der Waals surface area contributed by atoms with Crippen LogP contribution in [0.25, 0.3) is 0 Å². The monoisotopic (exact) mass is 199 g/mol. The Morgan fingerprint density at radius 3 is 2.36 bits per heavy atom. The predicted molar refractivity (Wildman–Crippen MR) is 56.9 cm³/mol. The fourth-order valence-corrected chi connectivity index (χ4v) is 2.06. The molecule has 0 bridgehead atoms. The number of carbonyl (C=O) groups excluding carboxylic acids is 1. The van der Waals surface area contributed by atoms with E-state index in [1.54, 1.807) is 0 Å². The number of likely N-dealkylation sites (N-methyl/N-ethyl adjacent to an activating group) is 1. The highest BCUT2D eigenvalue weighted by Gasteiger charge is 2.35. The van der Waals surface area contributed by atoms with Gasteiger partial charge in [-0.1, -0.05) is 0 Å². The molecule has 0 aromatic heterocycles. The summed E-state index contributed by atoms with van der Waals surface area (Å²) in [5.41, 5.74) is 5.93. The van der Waals surface area contributed by atoms with Crippen molar-refractivity contribution in [1.82, 2.24) is 9.80 Å². The lowest BCUT2D eigenvalue weighted by atomic mass is 10.0. The summed E-state index contributed by atoms with van der Waals surface area (Å²) in [6.45, 7) is 7.20. The SMILES string of the molecule is CCN(CC)C(=O)C1CN(C)CC1N. The van der Waals surface area contributed by atoms with Crippen LogP contribution in [0.2, 0.25) is 0 Å². The van der Waals surface area contributed by atoms with Gasteiger partial charge in [0.05, 0.1) is 5.92 Å². The Kier molecular flexibility index (Phi) is 3.89. The van der Waals surface area contributed by atoms with Crippen molar-refractivity contribution in [3.05, 3.63) is 0 Å². The van der Waals surface area contributed by atoms with Gasteiger partial charge in [0.15, 0.2) is 0 Å². The van der Waals surface area contributed by atoms with Crippen LogP contribution in [0, 0.1) is 5.92 Å². The topological polar surface area (TPSA) is 49.6 Å². The highest BCUT2D eigenvalue weighted by molar-refractivity contribution is 5.80. The van der Waals surface area contributed by atoms with Crippen molar-refractivity contribution in [2.75, 3.05) is 33.2 Å².